The Balaban J connectivity index is 2.46. The molecule has 1 aromatic carbocycles. The lowest BCUT2D eigenvalue weighted by Gasteiger charge is -2.15. The van der Waals surface area contributed by atoms with E-state index in [4.69, 9.17) is 4.74 Å². The van der Waals surface area contributed by atoms with Gasteiger partial charge in [0.05, 0.1) is 0 Å². The first kappa shape index (κ1) is 15.6. The molecule has 0 bridgehead atoms. The Hall–Kier alpha value is -2.82. The molecular weight excluding hydrogens is 282 g/mol. The zero-order valence-corrected chi connectivity index (χ0v) is 12.3. The molecule has 2 rings (SSSR count). The van der Waals surface area contributed by atoms with Gasteiger partial charge in [-0.25, -0.2) is 4.79 Å². The number of nitrogens with zero attached hydrogens (tertiary/aromatic N) is 1. The van der Waals surface area contributed by atoms with Gasteiger partial charge >= 0.3 is 5.97 Å². The van der Waals surface area contributed by atoms with E-state index in [1.807, 2.05) is 30.3 Å². The Labute approximate surface area is 128 Å². The first-order chi connectivity index (χ1) is 10.5. The second-order valence-electron chi connectivity index (χ2n) is 4.84. The molecule has 0 spiro atoms. The molecule has 0 aliphatic rings. The number of carboxylic acids is 1. The normalized spacial score (nSPS) is 10.2. The minimum absolute atomic E-state index is 0.133. The molecule has 22 heavy (non-hydrogen) atoms. The van der Waals surface area contributed by atoms with Crippen molar-refractivity contribution in [2.45, 2.75) is 20.1 Å². The molecule has 0 unspecified atom stereocenters. The van der Waals surface area contributed by atoms with E-state index in [1.54, 1.807) is 13.0 Å². The second-order valence-corrected chi connectivity index (χ2v) is 4.84. The highest BCUT2D eigenvalue weighted by atomic mass is 16.5. The molecule has 1 heterocycles. The van der Waals surface area contributed by atoms with Crippen molar-refractivity contribution in [2.75, 3.05) is 0 Å². The van der Waals surface area contributed by atoms with Crippen molar-refractivity contribution >= 4 is 5.97 Å². The molecule has 1 N–H and O–H groups in total. The van der Waals surface area contributed by atoms with Crippen molar-refractivity contribution in [1.29, 1.82) is 0 Å². The van der Waals surface area contributed by atoms with Crippen LogP contribution in [-0.2, 0) is 13.2 Å². The number of aryl methyl sites for hydroxylation is 1. The maximum atomic E-state index is 12.2. The van der Waals surface area contributed by atoms with Gasteiger partial charge in [0.25, 0.3) is 0 Å². The van der Waals surface area contributed by atoms with Gasteiger partial charge in [-0.05, 0) is 12.5 Å². The molecule has 0 saturated heterocycles. The Bertz CT molecular complexity index is 747. The highest BCUT2D eigenvalue weighted by Crippen LogP contribution is 2.17. The van der Waals surface area contributed by atoms with Crippen molar-refractivity contribution in [1.82, 2.24) is 4.57 Å². The molecule has 0 fully saturated rings. The Morgan fingerprint density at radius 1 is 1.36 bits per heavy atom. The fourth-order valence-corrected chi connectivity index (χ4v) is 2.14. The van der Waals surface area contributed by atoms with Crippen molar-refractivity contribution in [3.8, 4) is 5.75 Å². The topological polar surface area (TPSA) is 68.5 Å². The number of benzene rings is 1. The van der Waals surface area contributed by atoms with E-state index >= 15 is 0 Å². The van der Waals surface area contributed by atoms with Gasteiger partial charge in [-0.15, -0.1) is 6.58 Å². The standard InChI is InChI=1S/C17H17NO4/c1-3-9-18-10-12(2)15(19)16(14(18)17(20)21)22-11-13-7-5-4-6-8-13/h3-8,10H,1,9,11H2,2H3,(H,20,21). The maximum Gasteiger partial charge on any atom is 0.356 e. The third-order valence-corrected chi connectivity index (χ3v) is 3.17. The van der Waals surface area contributed by atoms with Crippen LogP contribution in [0.4, 0.5) is 0 Å². The summed E-state index contributed by atoms with van der Waals surface area (Å²) in [7, 11) is 0. The molecule has 0 saturated carbocycles. The van der Waals surface area contributed by atoms with Crippen LogP contribution in [0.15, 0.2) is 54.0 Å². The fourth-order valence-electron chi connectivity index (χ4n) is 2.14. The summed E-state index contributed by atoms with van der Waals surface area (Å²) in [5.41, 5.74) is 0.713. The van der Waals surface area contributed by atoms with Crippen LogP contribution in [0, 0.1) is 6.92 Å². The summed E-state index contributed by atoms with van der Waals surface area (Å²) >= 11 is 0. The molecule has 5 heteroatoms. The number of allylic oxidation sites excluding steroid dienone is 1. The Kier molecular flexibility index (Phi) is 4.78. The molecule has 1 aromatic heterocycles. The summed E-state index contributed by atoms with van der Waals surface area (Å²) in [5.74, 6) is -1.35. The van der Waals surface area contributed by atoms with Gasteiger partial charge in [0.1, 0.15) is 6.61 Å². The average molecular weight is 299 g/mol. The van der Waals surface area contributed by atoms with E-state index < -0.39 is 11.4 Å². The van der Waals surface area contributed by atoms with E-state index in [0.717, 1.165) is 5.56 Å². The molecule has 0 aliphatic heterocycles. The SMILES string of the molecule is C=CCn1cc(C)c(=O)c(OCc2ccccc2)c1C(=O)O. The van der Waals surface area contributed by atoms with Crippen molar-refractivity contribution in [3.05, 3.63) is 76.2 Å². The van der Waals surface area contributed by atoms with E-state index in [2.05, 4.69) is 6.58 Å². The number of hydrogen-bond acceptors (Lipinski definition) is 3. The number of pyridine rings is 1. The largest absolute Gasteiger partial charge is 0.482 e. The molecule has 0 atom stereocenters. The van der Waals surface area contributed by atoms with Crippen LogP contribution >= 0.6 is 0 Å². The molecule has 2 aromatic rings. The van der Waals surface area contributed by atoms with Gasteiger partial charge in [-0.1, -0.05) is 36.4 Å². The molecule has 0 aliphatic carbocycles. The van der Waals surface area contributed by atoms with Gasteiger partial charge in [-0.3, -0.25) is 4.79 Å². The molecule has 0 amide bonds. The molecule has 0 radical (unpaired) electrons. The van der Waals surface area contributed by atoms with Gasteiger partial charge in [0, 0.05) is 18.3 Å². The first-order valence-electron chi connectivity index (χ1n) is 6.79. The number of carbonyl (C=O) groups is 1. The predicted molar refractivity (Wildman–Crippen MR) is 83.4 cm³/mol. The van der Waals surface area contributed by atoms with E-state index in [0.29, 0.717) is 5.56 Å². The lowest BCUT2D eigenvalue weighted by atomic mass is 10.2. The summed E-state index contributed by atoms with van der Waals surface area (Å²) in [5, 5.41) is 9.41. The predicted octanol–water partition coefficient (Wildman–Crippen LogP) is 2.62. The van der Waals surface area contributed by atoms with Crippen molar-refractivity contribution in [2.24, 2.45) is 0 Å². The smallest absolute Gasteiger partial charge is 0.356 e. The molecule has 5 nitrogen and oxygen atoms in total. The number of rotatable bonds is 6. The fraction of sp³-hybridized carbons (Fsp3) is 0.176. The van der Waals surface area contributed by atoms with Crippen LogP contribution in [0.5, 0.6) is 5.75 Å². The zero-order chi connectivity index (χ0) is 16.1. The number of ether oxygens (including phenoxy) is 1. The summed E-state index contributed by atoms with van der Waals surface area (Å²) in [6.45, 7) is 5.64. The monoisotopic (exact) mass is 299 g/mol. The highest BCUT2D eigenvalue weighted by Gasteiger charge is 2.20. The Morgan fingerprint density at radius 2 is 2.05 bits per heavy atom. The van der Waals surface area contributed by atoms with Crippen molar-refractivity contribution in [3.63, 3.8) is 0 Å². The van der Waals surface area contributed by atoms with Crippen LogP contribution < -0.4 is 10.2 Å². The summed E-state index contributed by atoms with van der Waals surface area (Å²) in [6, 6.07) is 9.26. The lowest BCUT2D eigenvalue weighted by molar-refractivity contribution is 0.0678. The minimum atomic E-state index is -1.21. The van der Waals surface area contributed by atoms with Gasteiger partial charge in [0.15, 0.2) is 11.4 Å². The summed E-state index contributed by atoms with van der Waals surface area (Å²) in [6.07, 6.45) is 3.07. The van der Waals surface area contributed by atoms with Crippen LogP contribution in [0.2, 0.25) is 0 Å². The summed E-state index contributed by atoms with van der Waals surface area (Å²) in [4.78, 5) is 23.8. The van der Waals surface area contributed by atoms with E-state index in [-0.39, 0.29) is 24.6 Å². The van der Waals surface area contributed by atoms with Crippen LogP contribution in [-0.4, -0.2) is 15.6 Å². The zero-order valence-electron chi connectivity index (χ0n) is 12.3. The maximum absolute atomic E-state index is 12.2. The van der Waals surface area contributed by atoms with Gasteiger partial charge in [-0.2, -0.15) is 0 Å². The quantitative estimate of drug-likeness (QED) is 0.833. The minimum Gasteiger partial charge on any atom is -0.482 e. The van der Waals surface area contributed by atoms with Gasteiger partial charge in [0.2, 0.25) is 5.43 Å². The third-order valence-electron chi connectivity index (χ3n) is 3.17. The highest BCUT2D eigenvalue weighted by molar-refractivity contribution is 5.89. The number of aromatic carboxylic acids is 1. The van der Waals surface area contributed by atoms with Crippen LogP contribution in [0.3, 0.4) is 0 Å². The number of hydrogen-bond donors (Lipinski definition) is 1. The number of aromatic nitrogens is 1. The summed E-state index contributed by atoms with van der Waals surface area (Å²) < 4.78 is 6.99. The Morgan fingerprint density at radius 3 is 2.64 bits per heavy atom. The van der Waals surface area contributed by atoms with Crippen molar-refractivity contribution < 1.29 is 14.6 Å². The van der Waals surface area contributed by atoms with E-state index in [9.17, 15) is 14.7 Å². The van der Waals surface area contributed by atoms with E-state index in [1.165, 1.54) is 10.8 Å². The second kappa shape index (κ2) is 6.76. The molecule has 114 valence electrons. The average Bonchev–Trinajstić information content (AvgIpc) is 2.50. The van der Waals surface area contributed by atoms with Crippen LogP contribution in [0.25, 0.3) is 0 Å². The lowest BCUT2D eigenvalue weighted by Crippen LogP contribution is -2.22. The molecular formula is C17H17NO4. The van der Waals surface area contributed by atoms with Gasteiger partial charge < -0.3 is 14.4 Å². The first-order valence-corrected chi connectivity index (χ1v) is 6.79. The third kappa shape index (κ3) is 3.25. The number of carboxylic acid groups (broad SMARTS) is 1. The van der Waals surface area contributed by atoms with Crippen LogP contribution in [0.1, 0.15) is 21.6 Å².